The van der Waals surface area contributed by atoms with Crippen molar-refractivity contribution >= 4 is 5.78 Å². The summed E-state index contributed by atoms with van der Waals surface area (Å²) < 4.78 is 5.81. The third kappa shape index (κ3) is 2.90. The van der Waals surface area contributed by atoms with Crippen LogP contribution in [0.2, 0.25) is 0 Å². The Labute approximate surface area is 119 Å². The number of carbonyl (C=O) groups excluding carboxylic acids is 1. The molecule has 3 rings (SSSR count). The Hall–Kier alpha value is -2.09. The Bertz CT molecular complexity index is 572. The molecule has 1 fully saturated rings. The molecule has 1 aliphatic rings. The average Bonchev–Trinajstić information content (AvgIpc) is 2.51. The van der Waals surface area contributed by atoms with Crippen LogP contribution in [0.4, 0.5) is 0 Å². The fourth-order valence-corrected chi connectivity index (χ4v) is 2.60. The van der Waals surface area contributed by atoms with Gasteiger partial charge in [0.25, 0.3) is 0 Å². The molecule has 0 aliphatic heterocycles. The third-order valence-corrected chi connectivity index (χ3v) is 3.74. The van der Waals surface area contributed by atoms with Gasteiger partial charge in [0.15, 0.2) is 11.9 Å². The summed E-state index contributed by atoms with van der Waals surface area (Å²) in [7, 11) is 0. The van der Waals surface area contributed by atoms with Gasteiger partial charge in [0.1, 0.15) is 5.75 Å². The number of Topliss-reactive ketones (excluding diaryl/α,β-unsaturated/α-hetero) is 1. The van der Waals surface area contributed by atoms with Gasteiger partial charge in [-0.15, -0.1) is 0 Å². The lowest BCUT2D eigenvalue weighted by Crippen LogP contribution is -2.30. The molecule has 1 atom stereocenters. The minimum Gasteiger partial charge on any atom is -0.483 e. The zero-order valence-corrected chi connectivity index (χ0v) is 11.4. The van der Waals surface area contributed by atoms with Crippen LogP contribution >= 0.6 is 0 Å². The summed E-state index contributed by atoms with van der Waals surface area (Å²) in [6.45, 7) is 0. The molecule has 2 aromatic rings. The molecule has 0 heterocycles. The second-order valence-corrected chi connectivity index (χ2v) is 5.21. The largest absolute Gasteiger partial charge is 0.483 e. The van der Waals surface area contributed by atoms with Gasteiger partial charge in [0.2, 0.25) is 0 Å². The highest BCUT2D eigenvalue weighted by atomic mass is 16.5. The zero-order chi connectivity index (χ0) is 13.8. The molecule has 20 heavy (non-hydrogen) atoms. The fourth-order valence-electron chi connectivity index (χ4n) is 2.60. The Morgan fingerprint density at radius 2 is 1.55 bits per heavy atom. The van der Waals surface area contributed by atoms with Crippen LogP contribution in [0.3, 0.4) is 0 Å². The van der Waals surface area contributed by atoms with Crippen molar-refractivity contribution in [3.05, 3.63) is 54.6 Å². The van der Waals surface area contributed by atoms with E-state index in [-0.39, 0.29) is 11.9 Å². The van der Waals surface area contributed by atoms with Crippen LogP contribution in [0.15, 0.2) is 54.6 Å². The van der Waals surface area contributed by atoms with Crippen molar-refractivity contribution in [1.82, 2.24) is 0 Å². The van der Waals surface area contributed by atoms with Crippen LogP contribution in [-0.4, -0.2) is 11.9 Å². The molecule has 0 bridgehead atoms. The van der Waals surface area contributed by atoms with Gasteiger partial charge in [0.05, 0.1) is 0 Å². The molecule has 0 N–H and O–H groups in total. The van der Waals surface area contributed by atoms with Crippen LogP contribution in [0.25, 0.3) is 11.1 Å². The lowest BCUT2D eigenvalue weighted by Gasteiger charge is -2.21. The topological polar surface area (TPSA) is 26.3 Å². The molecule has 1 unspecified atom stereocenters. The first-order valence-electron chi connectivity index (χ1n) is 7.18. The predicted octanol–water partition coefficient (Wildman–Crippen LogP) is 4.24. The number of rotatable bonds is 3. The summed E-state index contributed by atoms with van der Waals surface area (Å²) >= 11 is 0. The van der Waals surface area contributed by atoms with E-state index in [4.69, 9.17) is 4.74 Å². The van der Waals surface area contributed by atoms with E-state index < -0.39 is 0 Å². The van der Waals surface area contributed by atoms with Crippen LogP contribution in [0.5, 0.6) is 5.75 Å². The summed E-state index contributed by atoms with van der Waals surface area (Å²) in [5.74, 6) is 1.02. The number of ketones is 1. The quantitative estimate of drug-likeness (QED) is 0.830. The summed E-state index contributed by atoms with van der Waals surface area (Å²) in [5, 5.41) is 0. The molecule has 0 amide bonds. The van der Waals surface area contributed by atoms with Gasteiger partial charge in [-0.05, 0) is 42.5 Å². The molecule has 1 saturated carbocycles. The fraction of sp³-hybridized carbons (Fsp3) is 0.278. The Morgan fingerprint density at radius 3 is 2.25 bits per heavy atom. The van der Waals surface area contributed by atoms with Gasteiger partial charge >= 0.3 is 0 Å². The molecule has 2 aromatic carbocycles. The van der Waals surface area contributed by atoms with Gasteiger partial charge in [-0.25, -0.2) is 0 Å². The number of ether oxygens (including phenoxy) is 1. The Kier molecular flexibility index (Phi) is 3.82. The van der Waals surface area contributed by atoms with Crippen molar-refractivity contribution < 1.29 is 9.53 Å². The van der Waals surface area contributed by atoms with Gasteiger partial charge in [-0.3, -0.25) is 4.79 Å². The minimum atomic E-state index is -0.244. The van der Waals surface area contributed by atoms with E-state index in [1.807, 2.05) is 42.5 Å². The van der Waals surface area contributed by atoms with Crippen LogP contribution < -0.4 is 4.74 Å². The van der Waals surface area contributed by atoms with E-state index in [2.05, 4.69) is 12.1 Å². The van der Waals surface area contributed by atoms with E-state index in [9.17, 15) is 4.79 Å². The number of carbonyl (C=O) groups is 1. The molecule has 2 heteroatoms. The third-order valence-electron chi connectivity index (χ3n) is 3.74. The number of hydrogen-bond donors (Lipinski definition) is 0. The summed E-state index contributed by atoms with van der Waals surface area (Å²) in [5.41, 5.74) is 2.35. The van der Waals surface area contributed by atoms with Gasteiger partial charge in [-0.2, -0.15) is 0 Å². The molecule has 0 saturated heterocycles. The lowest BCUT2D eigenvalue weighted by atomic mass is 9.96. The van der Waals surface area contributed by atoms with Crippen LogP contribution in [-0.2, 0) is 4.79 Å². The van der Waals surface area contributed by atoms with Gasteiger partial charge < -0.3 is 4.74 Å². The van der Waals surface area contributed by atoms with Crippen LogP contribution in [0.1, 0.15) is 25.7 Å². The molecule has 2 nitrogen and oxygen atoms in total. The monoisotopic (exact) mass is 266 g/mol. The standard InChI is InChI=1S/C18H18O2/c19-17-8-4-5-9-18(17)20-16-12-10-15(11-13-16)14-6-2-1-3-7-14/h1-3,6-7,10-13,18H,4-5,8-9H2. The zero-order valence-electron chi connectivity index (χ0n) is 11.4. The van der Waals surface area contributed by atoms with E-state index in [1.165, 1.54) is 5.56 Å². The summed E-state index contributed by atoms with van der Waals surface area (Å²) in [6, 6.07) is 18.2. The first-order valence-corrected chi connectivity index (χ1v) is 7.18. The minimum absolute atomic E-state index is 0.239. The Morgan fingerprint density at radius 1 is 0.850 bits per heavy atom. The maximum absolute atomic E-state index is 11.8. The van der Waals surface area contributed by atoms with Crippen molar-refractivity contribution in [2.45, 2.75) is 31.8 Å². The van der Waals surface area contributed by atoms with Crippen molar-refractivity contribution in [1.29, 1.82) is 0 Å². The smallest absolute Gasteiger partial charge is 0.173 e. The maximum atomic E-state index is 11.8. The van der Waals surface area contributed by atoms with E-state index >= 15 is 0 Å². The van der Waals surface area contributed by atoms with Crippen molar-refractivity contribution in [3.8, 4) is 16.9 Å². The maximum Gasteiger partial charge on any atom is 0.173 e. The molecular weight excluding hydrogens is 248 g/mol. The first-order chi connectivity index (χ1) is 9.83. The second kappa shape index (κ2) is 5.91. The molecular formula is C18H18O2. The van der Waals surface area contributed by atoms with Crippen molar-refractivity contribution in [2.24, 2.45) is 0 Å². The summed E-state index contributed by atoms with van der Waals surface area (Å²) in [6.07, 6.45) is 3.35. The number of hydrogen-bond acceptors (Lipinski definition) is 2. The van der Waals surface area contributed by atoms with E-state index in [0.717, 1.165) is 30.6 Å². The molecule has 102 valence electrons. The average molecular weight is 266 g/mol. The molecule has 0 spiro atoms. The molecule has 0 radical (unpaired) electrons. The Balaban J connectivity index is 1.72. The van der Waals surface area contributed by atoms with Crippen molar-refractivity contribution in [3.63, 3.8) is 0 Å². The van der Waals surface area contributed by atoms with E-state index in [0.29, 0.717) is 6.42 Å². The lowest BCUT2D eigenvalue weighted by molar-refractivity contribution is -0.127. The van der Waals surface area contributed by atoms with E-state index in [1.54, 1.807) is 0 Å². The van der Waals surface area contributed by atoms with Gasteiger partial charge in [-0.1, -0.05) is 42.5 Å². The van der Waals surface area contributed by atoms with Gasteiger partial charge in [0, 0.05) is 6.42 Å². The second-order valence-electron chi connectivity index (χ2n) is 5.21. The highest BCUT2D eigenvalue weighted by Gasteiger charge is 2.23. The van der Waals surface area contributed by atoms with Crippen molar-refractivity contribution in [2.75, 3.05) is 0 Å². The normalized spacial score (nSPS) is 18.8. The predicted molar refractivity (Wildman–Crippen MR) is 79.8 cm³/mol. The highest BCUT2D eigenvalue weighted by molar-refractivity contribution is 5.84. The number of benzene rings is 2. The molecule has 0 aromatic heterocycles. The van der Waals surface area contributed by atoms with Crippen LogP contribution in [0, 0.1) is 0 Å². The SMILES string of the molecule is O=C1CCCCC1Oc1ccc(-c2ccccc2)cc1. The highest BCUT2D eigenvalue weighted by Crippen LogP contribution is 2.25. The molecule has 1 aliphatic carbocycles. The first kappa shape index (κ1) is 12.9. The summed E-state index contributed by atoms with van der Waals surface area (Å²) in [4.78, 5) is 11.8.